The lowest BCUT2D eigenvalue weighted by Gasteiger charge is -2.29. The maximum atomic E-state index is 10.8. The second-order valence-electron chi connectivity index (χ2n) is 8.32. The van der Waals surface area contributed by atoms with Crippen LogP contribution in [0.2, 0.25) is 0 Å². The second kappa shape index (κ2) is 16.9. The number of ether oxygens (including phenoxy) is 1. The number of likely N-dealkylation sites (N-methyl/N-ethyl adjacent to an activating group) is 1. The smallest absolute Gasteiger partial charge is 0.302 e. The highest BCUT2D eigenvalue weighted by atomic mass is 16.5. The van der Waals surface area contributed by atoms with Crippen molar-refractivity contribution in [3.63, 3.8) is 0 Å². The Balaban J connectivity index is 3.26. The van der Waals surface area contributed by atoms with Gasteiger partial charge in [0.2, 0.25) is 0 Å². The van der Waals surface area contributed by atoms with Gasteiger partial charge < -0.3 is 9.22 Å². The Bertz CT molecular complexity index is 302. The third-order valence-electron chi connectivity index (χ3n) is 5.12. The van der Waals surface area contributed by atoms with Crippen molar-refractivity contribution in [3.05, 3.63) is 0 Å². The molecule has 0 unspecified atom stereocenters. The summed E-state index contributed by atoms with van der Waals surface area (Å²) in [6.07, 6.45) is 19.7. The SMILES string of the molecule is CCCCCCCCCCCCCCCC[N+](C)(C)CCOC(C)=O. The standard InChI is InChI=1S/C22H46NO2/c1-5-6-7-8-9-10-11-12-13-14-15-16-17-18-19-23(3,4)20-21-25-22(2)24/h5-21H2,1-4H3/q+1. The van der Waals surface area contributed by atoms with Crippen LogP contribution >= 0.6 is 0 Å². The van der Waals surface area contributed by atoms with Crippen LogP contribution in [0.25, 0.3) is 0 Å². The van der Waals surface area contributed by atoms with E-state index in [0.29, 0.717) is 6.61 Å². The van der Waals surface area contributed by atoms with E-state index >= 15 is 0 Å². The Hall–Kier alpha value is -0.570. The Morgan fingerprint density at radius 2 is 1.08 bits per heavy atom. The van der Waals surface area contributed by atoms with Gasteiger partial charge >= 0.3 is 5.97 Å². The van der Waals surface area contributed by atoms with Gasteiger partial charge in [-0.1, -0.05) is 84.0 Å². The van der Waals surface area contributed by atoms with Crippen molar-refractivity contribution in [1.82, 2.24) is 0 Å². The third kappa shape index (κ3) is 19.6. The third-order valence-corrected chi connectivity index (χ3v) is 5.12. The van der Waals surface area contributed by atoms with E-state index in [1.54, 1.807) is 0 Å². The van der Waals surface area contributed by atoms with Crippen LogP contribution in [-0.2, 0) is 9.53 Å². The molecule has 0 aromatic heterocycles. The normalized spacial score (nSPS) is 11.7. The van der Waals surface area contributed by atoms with Crippen molar-refractivity contribution < 1.29 is 14.0 Å². The predicted molar refractivity (Wildman–Crippen MR) is 109 cm³/mol. The summed E-state index contributed by atoms with van der Waals surface area (Å²) in [5, 5.41) is 0. The summed E-state index contributed by atoms with van der Waals surface area (Å²) in [7, 11) is 4.46. The topological polar surface area (TPSA) is 26.3 Å². The number of carbonyl (C=O) groups excluding carboxylic acids is 1. The zero-order chi connectivity index (χ0) is 18.8. The van der Waals surface area contributed by atoms with Gasteiger partial charge in [0.1, 0.15) is 13.2 Å². The number of nitrogens with zero attached hydrogens (tertiary/aromatic N) is 1. The minimum Gasteiger partial charge on any atom is -0.460 e. The second-order valence-corrected chi connectivity index (χ2v) is 8.32. The van der Waals surface area contributed by atoms with Gasteiger partial charge in [-0.15, -0.1) is 0 Å². The molecule has 0 aliphatic heterocycles. The fraction of sp³-hybridized carbons (Fsp3) is 0.955. The average Bonchev–Trinajstić information content (AvgIpc) is 2.54. The molecule has 0 atom stereocenters. The van der Waals surface area contributed by atoms with Gasteiger partial charge in [0.25, 0.3) is 0 Å². The largest absolute Gasteiger partial charge is 0.460 e. The van der Waals surface area contributed by atoms with E-state index in [1.165, 1.54) is 103 Å². The Kier molecular flexibility index (Phi) is 16.5. The fourth-order valence-electron chi connectivity index (χ4n) is 3.28. The molecule has 0 radical (unpaired) electrons. The fourth-order valence-corrected chi connectivity index (χ4v) is 3.28. The van der Waals surface area contributed by atoms with Crippen molar-refractivity contribution in [1.29, 1.82) is 0 Å². The lowest BCUT2D eigenvalue weighted by molar-refractivity contribution is -0.890. The number of rotatable bonds is 18. The maximum Gasteiger partial charge on any atom is 0.302 e. The molecule has 3 heteroatoms. The summed E-state index contributed by atoms with van der Waals surface area (Å²) < 4.78 is 6.00. The van der Waals surface area contributed by atoms with Gasteiger partial charge in [0, 0.05) is 6.92 Å². The van der Waals surface area contributed by atoms with E-state index in [0.717, 1.165) is 11.0 Å². The van der Waals surface area contributed by atoms with Crippen LogP contribution in [0.3, 0.4) is 0 Å². The molecular formula is C22H46NO2+. The van der Waals surface area contributed by atoms with Crippen molar-refractivity contribution in [2.45, 2.75) is 104 Å². The zero-order valence-corrected chi connectivity index (χ0v) is 17.8. The lowest BCUT2D eigenvalue weighted by atomic mass is 10.0. The minimum absolute atomic E-state index is 0.170. The van der Waals surface area contributed by atoms with Gasteiger partial charge in [-0.2, -0.15) is 0 Å². The average molecular weight is 357 g/mol. The molecule has 0 aliphatic carbocycles. The number of hydrogen-bond donors (Lipinski definition) is 0. The highest BCUT2D eigenvalue weighted by Gasteiger charge is 2.14. The molecule has 0 bridgehead atoms. The van der Waals surface area contributed by atoms with Crippen LogP contribution in [0.15, 0.2) is 0 Å². The van der Waals surface area contributed by atoms with Crippen LogP contribution in [0, 0.1) is 0 Å². The molecule has 0 spiro atoms. The highest BCUT2D eigenvalue weighted by Crippen LogP contribution is 2.13. The number of unbranched alkanes of at least 4 members (excludes halogenated alkanes) is 13. The molecular weight excluding hydrogens is 310 g/mol. The number of esters is 1. The van der Waals surface area contributed by atoms with Gasteiger partial charge in [-0.3, -0.25) is 4.79 Å². The monoisotopic (exact) mass is 356 g/mol. The van der Waals surface area contributed by atoms with E-state index in [-0.39, 0.29) is 5.97 Å². The van der Waals surface area contributed by atoms with Gasteiger partial charge in [-0.05, 0) is 12.8 Å². The molecule has 0 fully saturated rings. The highest BCUT2D eigenvalue weighted by molar-refractivity contribution is 5.65. The first kappa shape index (κ1) is 24.4. The number of carbonyl (C=O) groups is 1. The summed E-state index contributed by atoms with van der Waals surface area (Å²) in [6.45, 7) is 6.40. The predicted octanol–water partition coefficient (Wildman–Crippen LogP) is 6.11. The van der Waals surface area contributed by atoms with Crippen LogP contribution < -0.4 is 0 Å². The molecule has 0 N–H and O–H groups in total. The quantitative estimate of drug-likeness (QED) is 0.168. The van der Waals surface area contributed by atoms with Gasteiger partial charge in [0.05, 0.1) is 20.6 Å². The van der Waals surface area contributed by atoms with Crippen LogP contribution in [0.4, 0.5) is 0 Å². The summed E-state index contributed by atoms with van der Waals surface area (Å²) in [5.41, 5.74) is 0. The molecule has 0 aromatic carbocycles. The molecule has 0 heterocycles. The number of hydrogen-bond acceptors (Lipinski definition) is 2. The van der Waals surface area contributed by atoms with Gasteiger partial charge in [-0.25, -0.2) is 0 Å². The molecule has 0 saturated heterocycles. The van der Waals surface area contributed by atoms with Crippen molar-refractivity contribution in [3.8, 4) is 0 Å². The zero-order valence-electron chi connectivity index (χ0n) is 17.8. The summed E-state index contributed by atoms with van der Waals surface area (Å²) in [6, 6.07) is 0. The maximum absolute atomic E-state index is 10.8. The number of quaternary nitrogens is 1. The van der Waals surface area contributed by atoms with Crippen LogP contribution in [0.1, 0.15) is 104 Å². The Labute approximate surface area is 158 Å². The molecule has 0 rings (SSSR count). The Morgan fingerprint density at radius 1 is 0.680 bits per heavy atom. The molecule has 25 heavy (non-hydrogen) atoms. The van der Waals surface area contributed by atoms with Crippen molar-refractivity contribution >= 4 is 5.97 Å². The van der Waals surface area contributed by atoms with E-state index in [9.17, 15) is 4.79 Å². The van der Waals surface area contributed by atoms with E-state index < -0.39 is 0 Å². The summed E-state index contributed by atoms with van der Waals surface area (Å²) in [4.78, 5) is 10.8. The van der Waals surface area contributed by atoms with Crippen LogP contribution in [0.5, 0.6) is 0 Å². The first-order valence-corrected chi connectivity index (χ1v) is 10.9. The first-order valence-electron chi connectivity index (χ1n) is 10.9. The van der Waals surface area contributed by atoms with Crippen molar-refractivity contribution in [2.75, 3.05) is 33.8 Å². The van der Waals surface area contributed by atoms with Crippen LogP contribution in [-0.4, -0.2) is 44.2 Å². The molecule has 150 valence electrons. The molecule has 0 amide bonds. The van der Waals surface area contributed by atoms with E-state index in [4.69, 9.17) is 4.74 Å². The van der Waals surface area contributed by atoms with Gasteiger partial charge in [0.15, 0.2) is 0 Å². The first-order chi connectivity index (χ1) is 12.0. The molecule has 0 aliphatic rings. The lowest BCUT2D eigenvalue weighted by Crippen LogP contribution is -2.43. The van der Waals surface area contributed by atoms with E-state index in [2.05, 4.69) is 21.0 Å². The molecule has 0 aromatic rings. The molecule has 0 saturated carbocycles. The molecule has 3 nitrogen and oxygen atoms in total. The Morgan fingerprint density at radius 3 is 1.48 bits per heavy atom. The summed E-state index contributed by atoms with van der Waals surface area (Å²) >= 11 is 0. The van der Waals surface area contributed by atoms with E-state index in [1.807, 2.05) is 0 Å². The minimum atomic E-state index is -0.170. The summed E-state index contributed by atoms with van der Waals surface area (Å²) in [5.74, 6) is -0.170. The van der Waals surface area contributed by atoms with Crippen molar-refractivity contribution in [2.24, 2.45) is 0 Å².